The molecule has 0 radical (unpaired) electrons. The van der Waals surface area contributed by atoms with E-state index >= 15 is 0 Å². The molecule has 1 aromatic heterocycles. The Kier molecular flexibility index (Phi) is 3.53. The molecule has 0 aliphatic carbocycles. The first-order valence-electron chi connectivity index (χ1n) is 5.67. The number of esters is 1. The molecule has 5 nitrogen and oxygen atoms in total. The monoisotopic (exact) mass is 249 g/mol. The number of aromatic nitrogens is 1. The van der Waals surface area contributed by atoms with E-state index in [4.69, 9.17) is 9.47 Å². The fraction of sp³-hybridized carbons (Fsp3) is 0.308. The molecule has 96 valence electrons. The van der Waals surface area contributed by atoms with Crippen LogP contribution in [0.15, 0.2) is 24.4 Å². The Balaban J connectivity index is 2.44. The largest absolute Gasteiger partial charge is 0.496 e. The molecule has 1 unspecified atom stereocenters. The Hall–Kier alpha value is -2.01. The van der Waals surface area contributed by atoms with Crippen molar-refractivity contribution in [3.05, 3.63) is 30.0 Å². The third-order valence-corrected chi connectivity index (χ3v) is 2.71. The van der Waals surface area contributed by atoms with Crippen molar-refractivity contribution < 1.29 is 19.4 Å². The van der Waals surface area contributed by atoms with E-state index in [9.17, 15) is 9.90 Å². The number of H-pyrrole nitrogens is 1. The van der Waals surface area contributed by atoms with Gasteiger partial charge < -0.3 is 19.6 Å². The molecule has 18 heavy (non-hydrogen) atoms. The van der Waals surface area contributed by atoms with Crippen LogP contribution in [0.1, 0.15) is 18.6 Å². The Bertz CT molecular complexity index is 561. The smallest absolute Gasteiger partial charge is 0.339 e. The summed E-state index contributed by atoms with van der Waals surface area (Å²) >= 11 is 0. The Morgan fingerprint density at radius 3 is 2.94 bits per heavy atom. The normalized spacial score (nSPS) is 12.4. The quantitative estimate of drug-likeness (QED) is 0.810. The first-order valence-corrected chi connectivity index (χ1v) is 5.67. The fourth-order valence-electron chi connectivity index (χ4n) is 1.84. The zero-order chi connectivity index (χ0) is 13.1. The van der Waals surface area contributed by atoms with E-state index in [0.717, 1.165) is 10.9 Å². The van der Waals surface area contributed by atoms with Gasteiger partial charge in [0.05, 0.1) is 13.7 Å². The molecule has 1 heterocycles. The predicted molar refractivity (Wildman–Crippen MR) is 66.4 cm³/mol. The Labute approximate surface area is 104 Å². The SMILES string of the molecule is CCOC(=O)C(O)c1cc2[nH]ccc2cc1OC. The van der Waals surface area contributed by atoms with Crippen LogP contribution in [-0.4, -0.2) is 29.8 Å². The molecule has 0 aliphatic heterocycles. The molecular formula is C13H15NO4. The number of aliphatic hydroxyl groups excluding tert-OH is 1. The average Bonchev–Trinajstić information content (AvgIpc) is 2.83. The number of nitrogens with one attached hydrogen (secondary N) is 1. The number of hydrogen-bond donors (Lipinski definition) is 2. The summed E-state index contributed by atoms with van der Waals surface area (Å²) in [5.74, 6) is -0.218. The van der Waals surface area contributed by atoms with Crippen LogP contribution in [-0.2, 0) is 9.53 Å². The summed E-state index contributed by atoms with van der Waals surface area (Å²) in [6.07, 6.45) is 0.442. The molecular weight excluding hydrogens is 234 g/mol. The van der Waals surface area contributed by atoms with Crippen LogP contribution in [0.4, 0.5) is 0 Å². The van der Waals surface area contributed by atoms with Gasteiger partial charge in [0, 0.05) is 22.7 Å². The number of aliphatic hydroxyl groups is 1. The van der Waals surface area contributed by atoms with Crippen molar-refractivity contribution >= 4 is 16.9 Å². The van der Waals surface area contributed by atoms with E-state index in [1.165, 1.54) is 7.11 Å². The van der Waals surface area contributed by atoms with Crippen LogP contribution in [0.25, 0.3) is 10.9 Å². The van der Waals surface area contributed by atoms with Gasteiger partial charge in [-0.2, -0.15) is 0 Å². The highest BCUT2D eigenvalue weighted by atomic mass is 16.5. The lowest BCUT2D eigenvalue weighted by molar-refractivity contribution is -0.153. The summed E-state index contributed by atoms with van der Waals surface area (Å²) in [7, 11) is 1.50. The number of rotatable bonds is 4. The number of carbonyl (C=O) groups excluding carboxylic acids is 1. The van der Waals surface area contributed by atoms with Gasteiger partial charge in [-0.15, -0.1) is 0 Å². The Morgan fingerprint density at radius 1 is 1.50 bits per heavy atom. The molecule has 2 rings (SSSR count). The zero-order valence-corrected chi connectivity index (χ0v) is 10.3. The van der Waals surface area contributed by atoms with Crippen molar-refractivity contribution in [3.8, 4) is 5.75 Å². The first kappa shape index (κ1) is 12.4. The van der Waals surface area contributed by atoms with E-state index in [1.54, 1.807) is 25.3 Å². The molecule has 1 aromatic carbocycles. The van der Waals surface area contributed by atoms with Crippen LogP contribution < -0.4 is 4.74 Å². The molecule has 0 saturated heterocycles. The van der Waals surface area contributed by atoms with Gasteiger partial charge in [-0.3, -0.25) is 0 Å². The second-order valence-corrected chi connectivity index (χ2v) is 3.81. The minimum atomic E-state index is -1.34. The Morgan fingerprint density at radius 2 is 2.28 bits per heavy atom. The predicted octanol–water partition coefficient (Wildman–Crippen LogP) is 1.77. The van der Waals surface area contributed by atoms with Crippen LogP contribution in [0.3, 0.4) is 0 Å². The third kappa shape index (κ3) is 2.17. The highest BCUT2D eigenvalue weighted by Crippen LogP contribution is 2.30. The van der Waals surface area contributed by atoms with Crippen molar-refractivity contribution in [1.82, 2.24) is 4.98 Å². The third-order valence-electron chi connectivity index (χ3n) is 2.71. The van der Waals surface area contributed by atoms with Gasteiger partial charge in [-0.05, 0) is 25.1 Å². The lowest BCUT2D eigenvalue weighted by Gasteiger charge is -2.14. The van der Waals surface area contributed by atoms with Crippen molar-refractivity contribution in [1.29, 1.82) is 0 Å². The standard InChI is InChI=1S/C13H15NO4/c1-3-18-13(16)12(15)9-7-10-8(4-5-14-10)6-11(9)17-2/h4-7,12,14-15H,3H2,1-2H3. The molecule has 0 spiro atoms. The topological polar surface area (TPSA) is 71.5 Å². The van der Waals surface area contributed by atoms with Crippen LogP contribution in [0.2, 0.25) is 0 Å². The molecule has 0 saturated carbocycles. The van der Waals surface area contributed by atoms with E-state index in [2.05, 4.69) is 4.98 Å². The van der Waals surface area contributed by atoms with Crippen molar-refractivity contribution in [2.75, 3.05) is 13.7 Å². The lowest BCUT2D eigenvalue weighted by Crippen LogP contribution is -2.16. The van der Waals surface area contributed by atoms with E-state index in [-0.39, 0.29) is 6.61 Å². The van der Waals surface area contributed by atoms with Crippen molar-refractivity contribution in [3.63, 3.8) is 0 Å². The van der Waals surface area contributed by atoms with Gasteiger partial charge in [0.15, 0.2) is 6.10 Å². The summed E-state index contributed by atoms with van der Waals surface area (Å²) < 4.78 is 9.99. The second kappa shape index (κ2) is 5.10. The molecule has 2 N–H and O–H groups in total. The number of benzene rings is 1. The number of ether oxygens (including phenoxy) is 2. The van der Waals surface area contributed by atoms with Gasteiger partial charge in [0.25, 0.3) is 0 Å². The maximum Gasteiger partial charge on any atom is 0.339 e. The van der Waals surface area contributed by atoms with Crippen LogP contribution in [0.5, 0.6) is 5.75 Å². The fourth-order valence-corrected chi connectivity index (χ4v) is 1.84. The molecule has 5 heteroatoms. The van der Waals surface area contributed by atoms with Crippen LogP contribution in [0, 0.1) is 0 Å². The number of methoxy groups -OCH3 is 1. The second-order valence-electron chi connectivity index (χ2n) is 3.81. The maximum atomic E-state index is 11.5. The number of fused-ring (bicyclic) bond motifs is 1. The minimum Gasteiger partial charge on any atom is -0.496 e. The number of aromatic amines is 1. The molecule has 0 aliphatic rings. The first-order chi connectivity index (χ1) is 8.67. The molecule has 0 bridgehead atoms. The maximum absolute atomic E-state index is 11.5. The van der Waals surface area contributed by atoms with E-state index < -0.39 is 12.1 Å². The number of hydrogen-bond acceptors (Lipinski definition) is 4. The number of carbonyl (C=O) groups is 1. The van der Waals surface area contributed by atoms with Gasteiger partial charge in [0.1, 0.15) is 5.75 Å². The van der Waals surface area contributed by atoms with Crippen molar-refractivity contribution in [2.45, 2.75) is 13.0 Å². The van der Waals surface area contributed by atoms with Gasteiger partial charge >= 0.3 is 5.97 Å². The minimum absolute atomic E-state index is 0.225. The van der Waals surface area contributed by atoms with E-state index in [1.807, 2.05) is 6.07 Å². The molecule has 0 fully saturated rings. The molecule has 0 amide bonds. The molecule has 2 aromatic rings. The van der Waals surface area contributed by atoms with E-state index in [0.29, 0.717) is 11.3 Å². The zero-order valence-electron chi connectivity index (χ0n) is 10.3. The lowest BCUT2D eigenvalue weighted by atomic mass is 10.1. The van der Waals surface area contributed by atoms with Crippen molar-refractivity contribution in [2.24, 2.45) is 0 Å². The van der Waals surface area contributed by atoms with Gasteiger partial charge in [-0.25, -0.2) is 4.79 Å². The summed E-state index contributed by atoms with van der Waals surface area (Å²) in [6, 6.07) is 5.34. The van der Waals surface area contributed by atoms with Gasteiger partial charge in [-0.1, -0.05) is 0 Å². The molecule has 1 atom stereocenters. The summed E-state index contributed by atoms with van der Waals surface area (Å²) in [5, 5.41) is 10.9. The summed E-state index contributed by atoms with van der Waals surface area (Å²) in [6.45, 7) is 1.92. The summed E-state index contributed by atoms with van der Waals surface area (Å²) in [5.41, 5.74) is 1.22. The average molecular weight is 249 g/mol. The highest BCUT2D eigenvalue weighted by Gasteiger charge is 2.23. The highest BCUT2D eigenvalue weighted by molar-refractivity contribution is 5.85. The van der Waals surface area contributed by atoms with Gasteiger partial charge in [0.2, 0.25) is 0 Å². The summed E-state index contributed by atoms with van der Waals surface area (Å²) in [4.78, 5) is 14.6. The van der Waals surface area contributed by atoms with Crippen LogP contribution >= 0.6 is 0 Å².